The molecule has 9 heteroatoms. The van der Waals surface area contributed by atoms with Crippen LogP contribution in [-0.2, 0) is 10.3 Å². The summed E-state index contributed by atoms with van der Waals surface area (Å²) in [5, 5.41) is 18.9. The molecule has 0 saturated heterocycles. The first kappa shape index (κ1) is 26.7. The first-order valence-corrected chi connectivity index (χ1v) is 13.7. The highest BCUT2D eigenvalue weighted by molar-refractivity contribution is 5.50. The molecule has 0 unspecified atom stereocenters. The fourth-order valence-electron chi connectivity index (χ4n) is 5.74. The van der Waals surface area contributed by atoms with Crippen LogP contribution in [-0.4, -0.2) is 57.7 Å². The molecule has 1 fully saturated rings. The number of nitrogens with zero attached hydrogens (tertiary/aromatic N) is 4. The molecule has 41 heavy (non-hydrogen) atoms. The van der Waals surface area contributed by atoms with Crippen LogP contribution in [0.25, 0.3) is 5.65 Å². The SMILES string of the molecule is COc1ccc(C(OC[C@@H]2C[C@@H](Nc3ncnc4ccnn34)C[C@@H]2O)(c2ccccc2)c2ccc(OC)cc2)cc1. The summed E-state index contributed by atoms with van der Waals surface area (Å²) in [6.07, 6.45) is 3.96. The van der Waals surface area contributed by atoms with Gasteiger partial charge in [0, 0.05) is 18.0 Å². The number of fused-ring (bicyclic) bond motifs is 1. The average Bonchev–Trinajstić information content (AvgIpc) is 3.65. The van der Waals surface area contributed by atoms with E-state index in [2.05, 4.69) is 32.5 Å². The molecule has 6 rings (SSSR count). The van der Waals surface area contributed by atoms with E-state index in [-0.39, 0.29) is 12.0 Å². The molecule has 3 atom stereocenters. The molecule has 3 aromatic carbocycles. The van der Waals surface area contributed by atoms with Crippen LogP contribution >= 0.6 is 0 Å². The van der Waals surface area contributed by atoms with E-state index < -0.39 is 11.7 Å². The third-order valence-corrected chi connectivity index (χ3v) is 7.87. The van der Waals surface area contributed by atoms with Gasteiger partial charge in [0.2, 0.25) is 5.95 Å². The van der Waals surface area contributed by atoms with Gasteiger partial charge in [0.1, 0.15) is 23.4 Å². The molecule has 0 bridgehead atoms. The van der Waals surface area contributed by atoms with E-state index in [0.29, 0.717) is 31.0 Å². The Bertz CT molecular complexity index is 1530. The predicted molar refractivity (Wildman–Crippen MR) is 155 cm³/mol. The second kappa shape index (κ2) is 11.6. The van der Waals surface area contributed by atoms with E-state index in [4.69, 9.17) is 14.2 Å². The summed E-state index contributed by atoms with van der Waals surface area (Å²) in [6.45, 7) is 0.341. The van der Waals surface area contributed by atoms with Gasteiger partial charge < -0.3 is 24.6 Å². The zero-order valence-corrected chi connectivity index (χ0v) is 23.1. The predicted octanol–water partition coefficient (Wildman–Crippen LogP) is 4.70. The second-order valence-electron chi connectivity index (χ2n) is 10.3. The number of benzene rings is 3. The number of aliphatic hydroxyl groups excluding tert-OH is 1. The van der Waals surface area contributed by atoms with Crippen molar-refractivity contribution < 1.29 is 19.3 Å². The Balaban J connectivity index is 1.32. The van der Waals surface area contributed by atoms with Crippen LogP contribution < -0.4 is 14.8 Å². The molecule has 0 radical (unpaired) electrons. The van der Waals surface area contributed by atoms with Crippen molar-refractivity contribution in [3.63, 3.8) is 0 Å². The largest absolute Gasteiger partial charge is 0.497 e. The first-order valence-electron chi connectivity index (χ1n) is 13.7. The number of hydrogen-bond donors (Lipinski definition) is 2. The normalized spacial score (nSPS) is 18.9. The number of aliphatic hydroxyl groups is 1. The maximum Gasteiger partial charge on any atom is 0.227 e. The summed E-state index contributed by atoms with van der Waals surface area (Å²) in [4.78, 5) is 8.61. The third-order valence-electron chi connectivity index (χ3n) is 7.87. The molecule has 5 aromatic rings. The van der Waals surface area contributed by atoms with Crippen molar-refractivity contribution in [2.45, 2.75) is 30.6 Å². The Morgan fingerprint density at radius 3 is 2.10 bits per heavy atom. The Hall–Kier alpha value is -4.47. The number of aromatic nitrogens is 4. The topological polar surface area (TPSA) is 103 Å². The zero-order chi connectivity index (χ0) is 28.2. The van der Waals surface area contributed by atoms with Crippen molar-refractivity contribution in [1.82, 2.24) is 19.6 Å². The lowest BCUT2D eigenvalue weighted by molar-refractivity contribution is -0.0295. The van der Waals surface area contributed by atoms with Gasteiger partial charge in [-0.1, -0.05) is 54.6 Å². The van der Waals surface area contributed by atoms with Gasteiger partial charge in [-0.25, -0.2) is 9.97 Å². The van der Waals surface area contributed by atoms with Crippen molar-refractivity contribution in [2.75, 3.05) is 26.1 Å². The van der Waals surface area contributed by atoms with Gasteiger partial charge in [0.05, 0.1) is 33.1 Å². The second-order valence-corrected chi connectivity index (χ2v) is 10.3. The molecule has 1 aliphatic rings. The minimum atomic E-state index is -0.932. The van der Waals surface area contributed by atoms with E-state index >= 15 is 0 Å². The van der Waals surface area contributed by atoms with Crippen LogP contribution in [0.5, 0.6) is 11.5 Å². The maximum atomic E-state index is 11.1. The average molecular weight is 552 g/mol. The lowest BCUT2D eigenvalue weighted by Gasteiger charge is -2.37. The molecule has 2 N–H and O–H groups in total. The number of rotatable bonds is 10. The monoisotopic (exact) mass is 551 g/mol. The van der Waals surface area contributed by atoms with Gasteiger partial charge in [-0.05, 0) is 53.8 Å². The van der Waals surface area contributed by atoms with Crippen LogP contribution in [0, 0.1) is 5.92 Å². The molecule has 0 aliphatic heterocycles. The Morgan fingerprint density at radius 1 is 0.829 bits per heavy atom. The van der Waals surface area contributed by atoms with Crippen LogP contribution in [0.2, 0.25) is 0 Å². The van der Waals surface area contributed by atoms with Crippen molar-refractivity contribution >= 4 is 11.6 Å². The van der Waals surface area contributed by atoms with Crippen LogP contribution in [0.15, 0.2) is 97.5 Å². The number of anilines is 1. The highest BCUT2D eigenvalue weighted by Crippen LogP contribution is 2.43. The van der Waals surface area contributed by atoms with Crippen molar-refractivity contribution in [1.29, 1.82) is 0 Å². The number of hydrogen-bond acceptors (Lipinski definition) is 8. The Kier molecular flexibility index (Phi) is 7.54. The minimum absolute atomic E-state index is 0.00833. The molecule has 9 nitrogen and oxygen atoms in total. The lowest BCUT2D eigenvalue weighted by Crippen LogP contribution is -2.35. The fraction of sp³-hybridized carbons (Fsp3) is 0.281. The summed E-state index contributed by atoms with van der Waals surface area (Å²) >= 11 is 0. The zero-order valence-electron chi connectivity index (χ0n) is 23.1. The number of ether oxygens (including phenoxy) is 3. The quantitative estimate of drug-likeness (QED) is 0.241. The molecule has 2 aromatic heterocycles. The van der Waals surface area contributed by atoms with Crippen molar-refractivity contribution in [3.8, 4) is 11.5 Å². The molecular formula is C32H33N5O4. The summed E-state index contributed by atoms with van der Waals surface area (Å²) in [5.74, 6) is 2.04. The van der Waals surface area contributed by atoms with E-state index in [1.54, 1.807) is 24.9 Å². The van der Waals surface area contributed by atoms with Gasteiger partial charge in [0.25, 0.3) is 0 Å². The van der Waals surface area contributed by atoms with Gasteiger partial charge in [-0.2, -0.15) is 9.61 Å². The molecule has 0 spiro atoms. The summed E-state index contributed by atoms with van der Waals surface area (Å²) in [7, 11) is 3.31. The van der Waals surface area contributed by atoms with Gasteiger partial charge in [-0.15, -0.1) is 0 Å². The highest BCUT2D eigenvalue weighted by atomic mass is 16.5. The number of methoxy groups -OCH3 is 2. The van der Waals surface area contributed by atoms with Gasteiger partial charge in [0.15, 0.2) is 5.65 Å². The fourth-order valence-corrected chi connectivity index (χ4v) is 5.74. The third kappa shape index (κ3) is 5.21. The highest BCUT2D eigenvalue weighted by Gasteiger charge is 2.41. The lowest BCUT2D eigenvalue weighted by atomic mass is 9.80. The standard InChI is InChI=1S/C32H33N5O4/c1-39-27-12-8-24(9-13-27)32(23-6-4-3-5-7-23,25-10-14-28(40-2)15-11-25)41-20-22-18-26(19-29(22)38)36-31-34-21-33-30-16-17-35-37(30)31/h3-17,21-22,26,29,38H,18-20H2,1-2H3,(H,33,34,36)/t22-,26+,29-/m0/s1. The molecule has 210 valence electrons. The van der Waals surface area contributed by atoms with E-state index in [9.17, 15) is 5.11 Å². The molecule has 1 aliphatic carbocycles. The maximum absolute atomic E-state index is 11.1. The van der Waals surface area contributed by atoms with Crippen LogP contribution in [0.4, 0.5) is 5.95 Å². The van der Waals surface area contributed by atoms with Crippen LogP contribution in [0.3, 0.4) is 0 Å². The van der Waals surface area contributed by atoms with Crippen molar-refractivity contribution in [2.24, 2.45) is 5.92 Å². The number of nitrogens with one attached hydrogen (secondary N) is 1. The Morgan fingerprint density at radius 2 is 1.46 bits per heavy atom. The van der Waals surface area contributed by atoms with Crippen LogP contribution in [0.1, 0.15) is 29.5 Å². The summed E-state index contributed by atoms with van der Waals surface area (Å²) in [5.41, 5.74) is 2.68. The van der Waals surface area contributed by atoms with Gasteiger partial charge >= 0.3 is 0 Å². The van der Waals surface area contributed by atoms with Gasteiger partial charge in [-0.3, -0.25) is 0 Å². The van der Waals surface area contributed by atoms with Crippen molar-refractivity contribution in [3.05, 3.63) is 114 Å². The molecule has 1 saturated carbocycles. The molecule has 2 heterocycles. The van der Waals surface area contributed by atoms with E-state index in [0.717, 1.165) is 28.2 Å². The first-order chi connectivity index (χ1) is 20.1. The summed E-state index contributed by atoms with van der Waals surface area (Å²) in [6, 6.07) is 28.0. The van der Waals surface area contributed by atoms with E-state index in [1.807, 2.05) is 72.8 Å². The molecule has 0 amide bonds. The smallest absolute Gasteiger partial charge is 0.227 e. The van der Waals surface area contributed by atoms with E-state index in [1.165, 1.54) is 6.33 Å². The summed E-state index contributed by atoms with van der Waals surface area (Å²) < 4.78 is 19.6. The Labute approximate surface area is 238 Å². The molecular weight excluding hydrogens is 518 g/mol. The minimum Gasteiger partial charge on any atom is -0.497 e.